The number of Topliss-reactive ketones (excluding diaryl/α,β-unsaturated/α-hetero) is 2. The highest BCUT2D eigenvalue weighted by atomic mass is 16.5. The van der Waals surface area contributed by atoms with Crippen LogP contribution in [0.4, 0.5) is 0 Å². The first-order chi connectivity index (χ1) is 7.01. The fourth-order valence-electron chi connectivity index (χ4n) is 2.41. The van der Waals surface area contributed by atoms with Crippen LogP contribution in [0, 0.1) is 17.3 Å². The first-order valence-corrected chi connectivity index (χ1v) is 5.25. The molecule has 0 aliphatic heterocycles. The van der Waals surface area contributed by atoms with Crippen molar-refractivity contribution < 1.29 is 19.1 Å². The minimum absolute atomic E-state index is 0.00762. The third-order valence-corrected chi connectivity index (χ3v) is 3.56. The van der Waals surface area contributed by atoms with E-state index in [2.05, 4.69) is 0 Å². The van der Waals surface area contributed by atoms with Crippen molar-refractivity contribution in [2.75, 3.05) is 6.61 Å². The molecule has 2 rings (SSSR count). The molecule has 4 nitrogen and oxygen atoms in total. The number of carbonyl (C=O) groups excluding carboxylic acids is 3. The summed E-state index contributed by atoms with van der Waals surface area (Å²) in [4.78, 5) is 34.8. The van der Waals surface area contributed by atoms with Crippen LogP contribution in [0.2, 0.25) is 0 Å². The number of carbonyl (C=O) groups is 3. The van der Waals surface area contributed by atoms with Crippen LogP contribution in [-0.2, 0) is 19.1 Å². The van der Waals surface area contributed by atoms with Gasteiger partial charge in [-0.05, 0) is 26.2 Å². The summed E-state index contributed by atoms with van der Waals surface area (Å²) in [5, 5.41) is 0. The Morgan fingerprint density at radius 2 is 2.20 bits per heavy atom. The van der Waals surface area contributed by atoms with Gasteiger partial charge in [-0.1, -0.05) is 0 Å². The van der Waals surface area contributed by atoms with Crippen molar-refractivity contribution in [1.82, 2.24) is 0 Å². The molecule has 0 heterocycles. The van der Waals surface area contributed by atoms with E-state index in [1.807, 2.05) is 0 Å². The van der Waals surface area contributed by atoms with Gasteiger partial charge in [0.1, 0.15) is 11.2 Å². The summed E-state index contributed by atoms with van der Waals surface area (Å²) in [6, 6.07) is 0. The van der Waals surface area contributed by atoms with Gasteiger partial charge >= 0.3 is 5.97 Å². The maximum Gasteiger partial charge on any atom is 0.319 e. The standard InChI is InChI=1S/C11H14O4/c1-3-15-10(14)11(2)7-4-6(7)8(12)5-9(11)13/h6-7H,3-5H2,1-2H3/t6-,7-,11?/m1/s1. The molecule has 2 fully saturated rings. The summed E-state index contributed by atoms with van der Waals surface area (Å²) in [7, 11) is 0. The van der Waals surface area contributed by atoms with Gasteiger partial charge in [0.15, 0.2) is 5.78 Å². The molecule has 0 radical (unpaired) electrons. The Morgan fingerprint density at radius 3 is 2.80 bits per heavy atom. The van der Waals surface area contributed by atoms with Crippen LogP contribution < -0.4 is 0 Å². The highest BCUT2D eigenvalue weighted by molar-refractivity contribution is 6.15. The molecule has 0 aromatic heterocycles. The molecule has 2 saturated carbocycles. The zero-order valence-electron chi connectivity index (χ0n) is 8.91. The summed E-state index contributed by atoms with van der Waals surface area (Å²) in [6.45, 7) is 3.60. The first kappa shape index (κ1) is 10.3. The smallest absolute Gasteiger partial charge is 0.319 e. The molecule has 0 saturated heterocycles. The predicted molar refractivity (Wildman–Crippen MR) is 51.0 cm³/mol. The molecule has 2 aliphatic rings. The van der Waals surface area contributed by atoms with Gasteiger partial charge in [-0.3, -0.25) is 14.4 Å². The van der Waals surface area contributed by atoms with Crippen molar-refractivity contribution in [2.45, 2.75) is 26.7 Å². The quantitative estimate of drug-likeness (QED) is 0.498. The molecule has 0 aromatic rings. The number of fused-ring (bicyclic) bond motifs is 1. The monoisotopic (exact) mass is 210 g/mol. The summed E-state index contributed by atoms with van der Waals surface area (Å²) < 4.78 is 4.92. The normalized spacial score (nSPS) is 38.5. The Bertz CT molecular complexity index is 346. The van der Waals surface area contributed by atoms with Crippen LogP contribution in [0.25, 0.3) is 0 Å². The fraction of sp³-hybridized carbons (Fsp3) is 0.727. The lowest BCUT2D eigenvalue weighted by atomic mass is 9.73. The van der Waals surface area contributed by atoms with Crippen LogP contribution >= 0.6 is 0 Å². The minimum atomic E-state index is -1.06. The second-order valence-electron chi connectivity index (χ2n) is 4.44. The summed E-state index contributed by atoms with van der Waals surface area (Å²) in [5.74, 6) is -0.922. The van der Waals surface area contributed by atoms with E-state index in [1.54, 1.807) is 13.8 Å². The lowest BCUT2D eigenvalue weighted by Crippen LogP contribution is -2.44. The Morgan fingerprint density at radius 1 is 1.53 bits per heavy atom. The number of esters is 1. The fourth-order valence-corrected chi connectivity index (χ4v) is 2.41. The van der Waals surface area contributed by atoms with Gasteiger partial charge in [0.2, 0.25) is 0 Å². The number of hydrogen-bond donors (Lipinski definition) is 0. The lowest BCUT2D eigenvalue weighted by Gasteiger charge is -2.28. The van der Waals surface area contributed by atoms with Crippen LogP contribution in [0.1, 0.15) is 26.7 Å². The van der Waals surface area contributed by atoms with Crippen LogP contribution in [-0.4, -0.2) is 24.1 Å². The van der Waals surface area contributed by atoms with E-state index < -0.39 is 11.4 Å². The van der Waals surface area contributed by atoms with Crippen molar-refractivity contribution in [3.63, 3.8) is 0 Å². The topological polar surface area (TPSA) is 60.4 Å². The predicted octanol–water partition coefficient (Wildman–Crippen LogP) is 0.734. The SMILES string of the molecule is CCOC(=O)C1(C)C(=O)CC(=O)[C@@H]2C[C@H]21. The Hall–Kier alpha value is -1.19. The Labute approximate surface area is 88.0 Å². The van der Waals surface area contributed by atoms with E-state index in [-0.39, 0.29) is 36.4 Å². The molecule has 0 aromatic carbocycles. The average Bonchev–Trinajstić information content (AvgIpc) is 2.95. The van der Waals surface area contributed by atoms with Gasteiger partial charge < -0.3 is 4.74 Å². The third kappa shape index (κ3) is 1.31. The number of hydrogen-bond acceptors (Lipinski definition) is 4. The van der Waals surface area contributed by atoms with E-state index in [0.717, 1.165) is 0 Å². The van der Waals surface area contributed by atoms with Gasteiger partial charge in [0, 0.05) is 5.92 Å². The third-order valence-electron chi connectivity index (χ3n) is 3.56. The van der Waals surface area contributed by atoms with Crippen molar-refractivity contribution in [3.8, 4) is 0 Å². The van der Waals surface area contributed by atoms with Crippen molar-refractivity contribution >= 4 is 17.5 Å². The van der Waals surface area contributed by atoms with Gasteiger partial charge in [-0.25, -0.2) is 0 Å². The second kappa shape index (κ2) is 3.15. The maximum atomic E-state index is 11.8. The molecular formula is C11H14O4. The average molecular weight is 210 g/mol. The molecule has 2 aliphatic carbocycles. The molecule has 1 unspecified atom stereocenters. The largest absolute Gasteiger partial charge is 0.465 e. The van der Waals surface area contributed by atoms with Gasteiger partial charge in [-0.15, -0.1) is 0 Å². The Balaban J connectivity index is 2.24. The molecule has 3 atom stereocenters. The summed E-state index contributed by atoms with van der Waals surface area (Å²) >= 11 is 0. The molecule has 15 heavy (non-hydrogen) atoms. The van der Waals surface area contributed by atoms with Gasteiger partial charge in [0.25, 0.3) is 0 Å². The highest BCUT2D eigenvalue weighted by Crippen LogP contribution is 2.56. The molecule has 0 N–H and O–H groups in total. The maximum absolute atomic E-state index is 11.8. The second-order valence-corrected chi connectivity index (χ2v) is 4.44. The van der Waals surface area contributed by atoms with Crippen molar-refractivity contribution in [3.05, 3.63) is 0 Å². The first-order valence-electron chi connectivity index (χ1n) is 5.25. The minimum Gasteiger partial charge on any atom is -0.465 e. The van der Waals surface area contributed by atoms with Crippen LogP contribution in [0.15, 0.2) is 0 Å². The van der Waals surface area contributed by atoms with E-state index in [4.69, 9.17) is 4.74 Å². The zero-order chi connectivity index (χ0) is 11.2. The van der Waals surface area contributed by atoms with E-state index in [1.165, 1.54) is 0 Å². The number of rotatable bonds is 2. The number of ether oxygens (including phenoxy) is 1. The Kier molecular flexibility index (Phi) is 2.17. The van der Waals surface area contributed by atoms with Gasteiger partial charge in [-0.2, -0.15) is 0 Å². The van der Waals surface area contributed by atoms with E-state index >= 15 is 0 Å². The van der Waals surface area contributed by atoms with Crippen molar-refractivity contribution in [2.24, 2.45) is 17.3 Å². The summed E-state index contributed by atoms with van der Waals surface area (Å²) in [6.07, 6.45) is 0.566. The lowest BCUT2D eigenvalue weighted by molar-refractivity contribution is -0.162. The van der Waals surface area contributed by atoms with Crippen molar-refractivity contribution in [1.29, 1.82) is 0 Å². The molecule has 0 spiro atoms. The molecular weight excluding hydrogens is 196 g/mol. The number of ketones is 2. The van der Waals surface area contributed by atoms with E-state index in [0.29, 0.717) is 6.42 Å². The van der Waals surface area contributed by atoms with Gasteiger partial charge in [0.05, 0.1) is 13.0 Å². The van der Waals surface area contributed by atoms with E-state index in [9.17, 15) is 14.4 Å². The molecule has 0 amide bonds. The molecule has 0 bridgehead atoms. The summed E-state index contributed by atoms with van der Waals surface area (Å²) in [5.41, 5.74) is -1.06. The molecule has 4 heteroatoms. The van der Waals surface area contributed by atoms with Crippen LogP contribution in [0.5, 0.6) is 0 Å². The van der Waals surface area contributed by atoms with Crippen LogP contribution in [0.3, 0.4) is 0 Å². The molecule has 82 valence electrons. The highest BCUT2D eigenvalue weighted by Gasteiger charge is 2.64. The zero-order valence-corrected chi connectivity index (χ0v) is 8.91.